The smallest absolute Gasteiger partial charge is 0.408 e. The van der Waals surface area contributed by atoms with Crippen LogP contribution < -0.4 is 16.0 Å². The van der Waals surface area contributed by atoms with Gasteiger partial charge in [-0.25, -0.2) is 19.0 Å². The normalized spacial score (nSPS) is 13.4. The molecule has 1 unspecified atom stereocenters. The number of nitrogens with one attached hydrogen (secondary N) is 3. The summed E-state index contributed by atoms with van der Waals surface area (Å²) >= 11 is 0. The van der Waals surface area contributed by atoms with Crippen molar-refractivity contribution in [2.24, 2.45) is 0 Å². The van der Waals surface area contributed by atoms with Crippen LogP contribution in [0.2, 0.25) is 0 Å². The number of nitrogens with zero attached hydrogens (tertiary/aromatic N) is 3. The number of hydrogen-bond donors (Lipinski definition) is 4. The number of aryl methyl sites for hydroxylation is 3. The summed E-state index contributed by atoms with van der Waals surface area (Å²) in [5.74, 6) is -0.993. The average Bonchev–Trinajstić information content (AvgIpc) is 3.27. The molecule has 2 aromatic heterocycles. The third-order valence-electron chi connectivity index (χ3n) is 4.81. The first kappa shape index (κ1) is 23.0. The number of hydrogen-bond acceptors (Lipinski definition) is 7. The van der Waals surface area contributed by atoms with Gasteiger partial charge in [-0.1, -0.05) is 6.07 Å². The maximum absolute atomic E-state index is 12.3. The molecule has 1 aliphatic rings. The lowest BCUT2D eigenvalue weighted by atomic mass is 10.1. The van der Waals surface area contributed by atoms with Gasteiger partial charge in [0.15, 0.2) is 0 Å². The van der Waals surface area contributed by atoms with Crippen LogP contribution in [0.15, 0.2) is 24.5 Å². The molecule has 0 fully saturated rings. The van der Waals surface area contributed by atoms with Crippen LogP contribution in [0.25, 0.3) is 0 Å². The van der Waals surface area contributed by atoms with Crippen LogP contribution >= 0.6 is 0 Å². The van der Waals surface area contributed by atoms with E-state index in [0.717, 1.165) is 30.9 Å². The number of aromatic nitrogens is 3. The summed E-state index contributed by atoms with van der Waals surface area (Å²) in [6.45, 7) is -0.320. The van der Waals surface area contributed by atoms with E-state index in [1.54, 1.807) is 10.9 Å². The summed E-state index contributed by atoms with van der Waals surface area (Å²) in [5.41, 5.74) is 2.37. The predicted molar refractivity (Wildman–Crippen MR) is 111 cm³/mol. The third kappa shape index (κ3) is 6.40. The molecule has 32 heavy (non-hydrogen) atoms. The van der Waals surface area contributed by atoms with Crippen molar-refractivity contribution in [1.29, 1.82) is 0 Å². The largest absolute Gasteiger partial charge is 0.480 e. The molecule has 0 spiro atoms. The van der Waals surface area contributed by atoms with Gasteiger partial charge in [0.2, 0.25) is 0 Å². The number of carbonyl (C=O) groups is 3. The molecule has 0 aromatic carbocycles. The molecular formula is C20H25FN6O5. The number of amides is 2. The number of anilines is 1. The second kappa shape index (κ2) is 11.1. The number of carbonyl (C=O) groups excluding carboxylic acids is 2. The molecule has 12 heteroatoms. The number of aliphatic carboxylic acids is 1. The Balaban J connectivity index is 1.49. The van der Waals surface area contributed by atoms with E-state index in [9.17, 15) is 18.8 Å². The molecule has 3 heterocycles. The molecule has 3 rings (SSSR count). The van der Waals surface area contributed by atoms with Crippen LogP contribution in [0, 0.1) is 0 Å². The lowest BCUT2D eigenvalue weighted by Gasteiger charge is -2.17. The Morgan fingerprint density at radius 3 is 2.97 bits per heavy atom. The number of alkyl halides is 1. The van der Waals surface area contributed by atoms with Crippen LogP contribution in [0.3, 0.4) is 0 Å². The van der Waals surface area contributed by atoms with Crippen molar-refractivity contribution in [3.63, 3.8) is 0 Å². The fraction of sp³-hybridized carbons (Fsp3) is 0.450. The number of halogens is 1. The minimum absolute atomic E-state index is 0.245. The van der Waals surface area contributed by atoms with Gasteiger partial charge in [-0.05, 0) is 24.5 Å². The number of rotatable bonds is 10. The summed E-state index contributed by atoms with van der Waals surface area (Å²) in [6, 6.07) is 2.64. The van der Waals surface area contributed by atoms with Gasteiger partial charge in [0, 0.05) is 37.9 Å². The van der Waals surface area contributed by atoms with E-state index >= 15 is 0 Å². The van der Waals surface area contributed by atoms with Gasteiger partial charge >= 0.3 is 12.1 Å². The second-order valence-electron chi connectivity index (χ2n) is 7.15. The maximum Gasteiger partial charge on any atom is 0.408 e. The summed E-state index contributed by atoms with van der Waals surface area (Å²) in [7, 11) is 0. The van der Waals surface area contributed by atoms with E-state index < -0.39 is 37.3 Å². The van der Waals surface area contributed by atoms with Crippen LogP contribution in [0.5, 0.6) is 0 Å². The van der Waals surface area contributed by atoms with Gasteiger partial charge in [0.25, 0.3) is 5.91 Å². The highest BCUT2D eigenvalue weighted by atomic mass is 19.1. The predicted octanol–water partition coefficient (Wildman–Crippen LogP) is 0.758. The monoisotopic (exact) mass is 448 g/mol. The fourth-order valence-electron chi connectivity index (χ4n) is 3.15. The topological polar surface area (TPSA) is 147 Å². The zero-order chi connectivity index (χ0) is 22.9. The Morgan fingerprint density at radius 1 is 1.34 bits per heavy atom. The molecule has 0 saturated carbocycles. The van der Waals surface area contributed by atoms with Crippen LogP contribution in [-0.2, 0) is 28.9 Å². The highest BCUT2D eigenvalue weighted by Gasteiger charge is 2.22. The first-order valence-corrected chi connectivity index (χ1v) is 10.2. The molecule has 11 nitrogen and oxygen atoms in total. The maximum atomic E-state index is 12.3. The minimum atomic E-state index is -1.43. The zero-order valence-electron chi connectivity index (χ0n) is 17.3. The lowest BCUT2D eigenvalue weighted by Crippen LogP contribution is -2.48. The SMILES string of the molecule is O=C(NC(CNC(=O)c1cnn(CCc2ccc3c(n2)NCCC3)c1)C(=O)O)OCCF. The summed E-state index contributed by atoms with van der Waals surface area (Å²) in [5, 5.41) is 21.1. The number of alkyl carbamates (subject to hydrolysis) is 1. The van der Waals surface area contributed by atoms with Crippen molar-refractivity contribution < 1.29 is 28.6 Å². The van der Waals surface area contributed by atoms with E-state index in [-0.39, 0.29) is 12.1 Å². The molecule has 1 aliphatic heterocycles. The molecule has 0 radical (unpaired) electrons. The molecule has 4 N–H and O–H groups in total. The molecule has 1 atom stereocenters. The van der Waals surface area contributed by atoms with Crippen LogP contribution in [-0.4, -0.2) is 70.3 Å². The number of fused-ring (bicyclic) bond motifs is 1. The van der Waals surface area contributed by atoms with E-state index in [1.807, 2.05) is 11.4 Å². The first-order valence-electron chi connectivity index (χ1n) is 10.2. The highest BCUT2D eigenvalue weighted by molar-refractivity contribution is 5.94. The standard InChI is InChI=1S/C20H25FN6O5/c21-6-9-32-20(31)26-16(19(29)30)11-23-18(28)14-10-24-27(12-14)8-5-15-4-3-13-2-1-7-22-17(13)25-15/h3-4,10,12,16H,1-2,5-9,11H2,(H,22,25)(H,23,28)(H,26,31)(H,29,30). The Labute approximate surface area is 183 Å². The number of pyridine rings is 1. The zero-order valence-corrected chi connectivity index (χ0v) is 17.3. The number of carboxylic acid groups (broad SMARTS) is 1. The quantitative estimate of drug-likeness (QED) is 0.416. The van der Waals surface area contributed by atoms with Crippen LogP contribution in [0.1, 0.15) is 28.0 Å². The Kier molecular flexibility index (Phi) is 7.95. The van der Waals surface area contributed by atoms with Crippen molar-refractivity contribution in [3.8, 4) is 0 Å². The van der Waals surface area contributed by atoms with E-state index in [4.69, 9.17) is 5.11 Å². The second-order valence-corrected chi connectivity index (χ2v) is 7.15. The number of ether oxygens (including phenoxy) is 1. The molecular weight excluding hydrogens is 423 g/mol. The van der Waals surface area contributed by atoms with E-state index in [1.165, 1.54) is 11.8 Å². The van der Waals surface area contributed by atoms with Gasteiger partial charge < -0.3 is 25.8 Å². The Bertz CT molecular complexity index is 966. The van der Waals surface area contributed by atoms with Crippen molar-refractivity contribution in [2.45, 2.75) is 31.8 Å². The molecule has 2 aromatic rings. The average molecular weight is 448 g/mol. The molecule has 2 amide bonds. The van der Waals surface area contributed by atoms with Gasteiger partial charge in [-0.15, -0.1) is 0 Å². The summed E-state index contributed by atoms with van der Waals surface area (Å²) < 4.78 is 18.1. The first-order chi connectivity index (χ1) is 15.5. The van der Waals surface area contributed by atoms with E-state index in [0.29, 0.717) is 13.0 Å². The van der Waals surface area contributed by atoms with Crippen molar-refractivity contribution in [2.75, 3.05) is 31.7 Å². The third-order valence-corrected chi connectivity index (χ3v) is 4.81. The van der Waals surface area contributed by atoms with Gasteiger partial charge in [0.05, 0.1) is 11.8 Å². The van der Waals surface area contributed by atoms with Gasteiger partial charge in [-0.3, -0.25) is 9.48 Å². The van der Waals surface area contributed by atoms with E-state index in [2.05, 4.69) is 31.5 Å². The number of carboxylic acids is 1. The molecule has 0 bridgehead atoms. The molecule has 172 valence electrons. The van der Waals surface area contributed by atoms with Crippen molar-refractivity contribution >= 4 is 23.8 Å². The van der Waals surface area contributed by atoms with Crippen LogP contribution in [0.4, 0.5) is 15.0 Å². The highest BCUT2D eigenvalue weighted by Crippen LogP contribution is 2.19. The van der Waals surface area contributed by atoms with Crippen molar-refractivity contribution in [1.82, 2.24) is 25.4 Å². The Morgan fingerprint density at radius 2 is 2.19 bits per heavy atom. The van der Waals surface area contributed by atoms with Gasteiger partial charge in [0.1, 0.15) is 25.1 Å². The van der Waals surface area contributed by atoms with Crippen molar-refractivity contribution in [3.05, 3.63) is 41.3 Å². The minimum Gasteiger partial charge on any atom is -0.480 e. The molecule has 0 saturated heterocycles. The Hall–Kier alpha value is -3.70. The lowest BCUT2D eigenvalue weighted by molar-refractivity contribution is -0.139. The summed E-state index contributed by atoms with van der Waals surface area (Å²) in [6.07, 6.45) is 4.58. The fourth-order valence-corrected chi connectivity index (χ4v) is 3.15. The van der Waals surface area contributed by atoms with Gasteiger partial charge in [-0.2, -0.15) is 5.10 Å². The summed E-state index contributed by atoms with van der Waals surface area (Å²) in [4.78, 5) is 39.6. The molecule has 0 aliphatic carbocycles.